The van der Waals surface area contributed by atoms with Crippen molar-refractivity contribution in [1.82, 2.24) is 0 Å². The van der Waals surface area contributed by atoms with E-state index in [4.69, 9.17) is 0 Å². The molecular weight excluding hydrogens is 140 g/mol. The Bertz CT molecular complexity index is 208. The first-order chi connectivity index (χ1) is 4.95. The van der Waals surface area contributed by atoms with Crippen molar-refractivity contribution in [2.75, 3.05) is 0 Å². The zero-order valence-electron chi connectivity index (χ0n) is 7.52. The van der Waals surface area contributed by atoms with Gasteiger partial charge in [-0.05, 0) is 33.3 Å². The third-order valence-corrected chi connectivity index (χ3v) is 1.58. The maximum Gasteiger partial charge on any atom is 0.165 e. The van der Waals surface area contributed by atoms with E-state index in [-0.39, 0.29) is 18.0 Å². The van der Waals surface area contributed by atoms with E-state index in [9.17, 15) is 9.59 Å². The van der Waals surface area contributed by atoms with Crippen LogP contribution in [0.2, 0.25) is 0 Å². The third kappa shape index (κ3) is 3.71. The van der Waals surface area contributed by atoms with Crippen molar-refractivity contribution in [3.05, 3.63) is 11.1 Å². The van der Waals surface area contributed by atoms with E-state index in [2.05, 4.69) is 0 Å². The summed E-state index contributed by atoms with van der Waals surface area (Å²) in [5.41, 5.74) is 1.69. The van der Waals surface area contributed by atoms with Gasteiger partial charge in [-0.25, -0.2) is 0 Å². The Labute approximate surface area is 67.3 Å². The molecule has 0 rings (SSSR count). The normalized spacial score (nSPS) is 9.09. The Kier molecular flexibility index (Phi) is 3.72. The number of carbonyl (C=O) groups excluding carboxylic acids is 2. The lowest BCUT2D eigenvalue weighted by atomic mass is 10.0. The molecule has 0 aliphatic heterocycles. The molecule has 0 bridgehead atoms. The number of Topliss-reactive ketones (excluding diaryl/α,β-unsaturated/α-hetero) is 2. The molecule has 62 valence electrons. The van der Waals surface area contributed by atoms with Gasteiger partial charge in [0.25, 0.3) is 0 Å². The van der Waals surface area contributed by atoms with Gasteiger partial charge in [0.15, 0.2) is 5.78 Å². The molecule has 2 nitrogen and oxygen atoms in total. The molecular formula is C9H14O2. The second-order valence-electron chi connectivity index (χ2n) is 2.93. The number of hydrogen-bond acceptors (Lipinski definition) is 2. The van der Waals surface area contributed by atoms with Crippen LogP contribution in [0.25, 0.3) is 0 Å². The minimum absolute atomic E-state index is 0.0387. The van der Waals surface area contributed by atoms with E-state index >= 15 is 0 Å². The Morgan fingerprint density at radius 2 is 1.45 bits per heavy atom. The molecule has 0 aromatic rings. The van der Waals surface area contributed by atoms with E-state index in [1.54, 1.807) is 6.92 Å². The van der Waals surface area contributed by atoms with Crippen LogP contribution in [0.4, 0.5) is 0 Å². The highest BCUT2D eigenvalue weighted by Crippen LogP contribution is 2.05. The summed E-state index contributed by atoms with van der Waals surface area (Å²) in [7, 11) is 0. The molecule has 0 aromatic carbocycles. The summed E-state index contributed by atoms with van der Waals surface area (Å²) >= 11 is 0. The molecule has 0 amide bonds. The molecule has 0 radical (unpaired) electrons. The minimum Gasteiger partial charge on any atom is -0.300 e. The van der Waals surface area contributed by atoms with Crippen LogP contribution in [0.3, 0.4) is 0 Å². The van der Waals surface area contributed by atoms with Crippen LogP contribution in [0.1, 0.15) is 34.1 Å². The molecule has 0 fully saturated rings. The van der Waals surface area contributed by atoms with Gasteiger partial charge in [-0.2, -0.15) is 0 Å². The number of allylic oxidation sites excluding steroid dienone is 2. The van der Waals surface area contributed by atoms with Crippen molar-refractivity contribution < 1.29 is 9.59 Å². The van der Waals surface area contributed by atoms with Crippen LogP contribution in [0.5, 0.6) is 0 Å². The summed E-state index contributed by atoms with van der Waals surface area (Å²) in [6, 6.07) is 0. The van der Waals surface area contributed by atoms with Crippen LogP contribution in [-0.4, -0.2) is 11.6 Å². The summed E-state index contributed by atoms with van der Waals surface area (Å²) in [5.74, 6) is -0.131. The van der Waals surface area contributed by atoms with Gasteiger partial charge in [0.2, 0.25) is 0 Å². The van der Waals surface area contributed by atoms with Gasteiger partial charge in [-0.15, -0.1) is 0 Å². The fraction of sp³-hybridized carbons (Fsp3) is 0.556. The molecule has 11 heavy (non-hydrogen) atoms. The summed E-state index contributed by atoms with van der Waals surface area (Å²) in [6.45, 7) is 6.91. The molecule has 0 spiro atoms. The fourth-order valence-corrected chi connectivity index (χ4v) is 0.638. The lowest BCUT2D eigenvalue weighted by Crippen LogP contribution is -2.06. The molecule has 0 saturated carbocycles. The fourth-order valence-electron chi connectivity index (χ4n) is 0.638. The summed E-state index contributed by atoms with van der Waals surface area (Å²) in [6.07, 6.45) is 0.0387. The summed E-state index contributed by atoms with van der Waals surface area (Å²) in [5, 5.41) is 0. The van der Waals surface area contributed by atoms with Gasteiger partial charge in [-0.3, -0.25) is 9.59 Å². The van der Waals surface area contributed by atoms with Crippen molar-refractivity contribution in [3.8, 4) is 0 Å². The Morgan fingerprint density at radius 1 is 1.00 bits per heavy atom. The molecule has 0 N–H and O–H groups in total. The number of carbonyl (C=O) groups is 2. The number of hydrogen-bond donors (Lipinski definition) is 0. The second kappa shape index (κ2) is 4.06. The quantitative estimate of drug-likeness (QED) is 0.459. The monoisotopic (exact) mass is 154 g/mol. The second-order valence-corrected chi connectivity index (χ2v) is 2.93. The maximum atomic E-state index is 11.1. The highest BCUT2D eigenvalue weighted by atomic mass is 16.1. The average Bonchev–Trinajstić information content (AvgIpc) is 1.84. The van der Waals surface area contributed by atoms with Crippen molar-refractivity contribution in [2.24, 2.45) is 0 Å². The maximum absolute atomic E-state index is 11.1. The topological polar surface area (TPSA) is 34.1 Å². The number of ketones is 2. The molecule has 0 atom stereocenters. The Morgan fingerprint density at radius 3 is 1.73 bits per heavy atom. The van der Waals surface area contributed by atoms with E-state index in [0.717, 1.165) is 5.57 Å². The van der Waals surface area contributed by atoms with Gasteiger partial charge in [-0.1, -0.05) is 5.57 Å². The molecule has 0 unspecified atom stereocenters. The zero-order valence-corrected chi connectivity index (χ0v) is 7.52. The molecule has 0 aliphatic rings. The summed E-state index contributed by atoms with van der Waals surface area (Å²) in [4.78, 5) is 21.7. The first-order valence-corrected chi connectivity index (χ1v) is 3.62. The SMILES string of the molecule is CC(=O)CC(=O)C(C)=C(C)C. The van der Waals surface area contributed by atoms with E-state index in [1.807, 2.05) is 13.8 Å². The van der Waals surface area contributed by atoms with Gasteiger partial charge >= 0.3 is 0 Å². The van der Waals surface area contributed by atoms with E-state index in [1.165, 1.54) is 6.92 Å². The standard InChI is InChI=1S/C9H14O2/c1-6(2)8(4)9(11)5-7(3)10/h5H2,1-4H3. The first-order valence-electron chi connectivity index (χ1n) is 3.62. The van der Waals surface area contributed by atoms with Gasteiger partial charge in [0.1, 0.15) is 5.78 Å². The Balaban J connectivity index is 4.28. The minimum atomic E-state index is -0.0735. The lowest BCUT2D eigenvalue weighted by Gasteiger charge is -1.99. The van der Waals surface area contributed by atoms with Crippen LogP contribution in [-0.2, 0) is 9.59 Å². The molecule has 0 aromatic heterocycles. The Hall–Kier alpha value is -0.920. The van der Waals surface area contributed by atoms with E-state index in [0.29, 0.717) is 5.57 Å². The predicted molar refractivity (Wildman–Crippen MR) is 44.4 cm³/mol. The lowest BCUT2D eigenvalue weighted by molar-refractivity contribution is -0.123. The summed E-state index contributed by atoms with van der Waals surface area (Å²) < 4.78 is 0. The van der Waals surface area contributed by atoms with Crippen molar-refractivity contribution in [3.63, 3.8) is 0 Å². The largest absolute Gasteiger partial charge is 0.300 e. The van der Waals surface area contributed by atoms with Crippen molar-refractivity contribution >= 4 is 11.6 Å². The van der Waals surface area contributed by atoms with E-state index < -0.39 is 0 Å². The van der Waals surface area contributed by atoms with Crippen LogP contribution in [0, 0.1) is 0 Å². The third-order valence-electron chi connectivity index (χ3n) is 1.58. The molecule has 0 aliphatic carbocycles. The zero-order chi connectivity index (χ0) is 9.02. The van der Waals surface area contributed by atoms with Crippen molar-refractivity contribution in [2.45, 2.75) is 34.1 Å². The highest BCUT2D eigenvalue weighted by molar-refractivity contribution is 6.06. The van der Waals surface area contributed by atoms with Crippen LogP contribution < -0.4 is 0 Å². The van der Waals surface area contributed by atoms with Crippen molar-refractivity contribution in [1.29, 1.82) is 0 Å². The molecule has 0 heterocycles. The average molecular weight is 154 g/mol. The predicted octanol–water partition coefficient (Wildman–Crippen LogP) is 1.89. The van der Waals surface area contributed by atoms with Gasteiger partial charge in [0, 0.05) is 0 Å². The first kappa shape index (κ1) is 10.1. The van der Waals surface area contributed by atoms with Crippen LogP contribution in [0.15, 0.2) is 11.1 Å². The smallest absolute Gasteiger partial charge is 0.165 e. The highest BCUT2D eigenvalue weighted by Gasteiger charge is 2.07. The molecule has 2 heteroatoms. The van der Waals surface area contributed by atoms with Gasteiger partial charge in [0.05, 0.1) is 6.42 Å². The number of rotatable bonds is 3. The molecule has 0 saturated heterocycles. The van der Waals surface area contributed by atoms with Gasteiger partial charge < -0.3 is 0 Å². The van der Waals surface area contributed by atoms with Crippen LogP contribution >= 0.6 is 0 Å².